The van der Waals surface area contributed by atoms with E-state index >= 15 is 0 Å². The molecular weight excluding hydrogens is 351 g/mol. The van der Waals surface area contributed by atoms with E-state index in [2.05, 4.69) is 31.4 Å². The molecule has 0 amide bonds. The molecule has 0 fully saturated rings. The molecule has 1 aromatic heterocycles. The van der Waals surface area contributed by atoms with E-state index in [0.29, 0.717) is 12.3 Å². The highest BCUT2D eigenvalue weighted by molar-refractivity contribution is 9.10. The van der Waals surface area contributed by atoms with E-state index in [9.17, 15) is 13.2 Å². The summed E-state index contributed by atoms with van der Waals surface area (Å²) in [4.78, 5) is 0. The summed E-state index contributed by atoms with van der Waals surface area (Å²) < 4.78 is 43.9. The number of hydrogen-bond acceptors (Lipinski definition) is 4. The smallest absolute Gasteiger partial charge is 0.417 e. The van der Waals surface area contributed by atoms with Gasteiger partial charge in [-0.25, -0.2) is 0 Å². The number of benzene rings is 1. The molecule has 1 aromatic carbocycles. The summed E-state index contributed by atoms with van der Waals surface area (Å²) in [5, 5.41) is 10.6. The number of nitrogens with one attached hydrogen (secondary N) is 1. The van der Waals surface area contributed by atoms with Crippen LogP contribution in [0, 0.1) is 0 Å². The van der Waals surface area contributed by atoms with Crippen LogP contribution in [0.3, 0.4) is 0 Å². The highest BCUT2D eigenvalue weighted by Crippen LogP contribution is 2.37. The molecule has 4 nitrogen and oxygen atoms in total. The summed E-state index contributed by atoms with van der Waals surface area (Å²) in [7, 11) is 1.83. The van der Waals surface area contributed by atoms with Gasteiger partial charge in [0.1, 0.15) is 0 Å². The largest absolute Gasteiger partial charge is 0.421 e. The van der Waals surface area contributed by atoms with Crippen LogP contribution in [-0.4, -0.2) is 23.8 Å². The molecular formula is C13H13BrF3N3O. The quantitative estimate of drug-likeness (QED) is 0.823. The molecule has 0 aliphatic rings. The Balaban J connectivity index is 2.22. The Morgan fingerprint density at radius 2 is 2.05 bits per heavy atom. The first-order valence-electron chi connectivity index (χ1n) is 6.26. The number of alkyl halides is 3. The second-order valence-corrected chi connectivity index (χ2v) is 5.25. The Kier molecular flexibility index (Phi) is 5.00. The van der Waals surface area contributed by atoms with Gasteiger partial charge < -0.3 is 9.73 Å². The molecule has 8 heteroatoms. The van der Waals surface area contributed by atoms with Crippen LogP contribution in [-0.2, 0) is 12.6 Å². The van der Waals surface area contributed by atoms with Crippen molar-refractivity contribution < 1.29 is 17.6 Å². The molecule has 1 heterocycles. The van der Waals surface area contributed by atoms with Crippen LogP contribution in [0.4, 0.5) is 13.2 Å². The summed E-state index contributed by atoms with van der Waals surface area (Å²) in [6.07, 6.45) is -3.05. The highest BCUT2D eigenvalue weighted by Gasteiger charge is 2.33. The lowest BCUT2D eigenvalue weighted by atomic mass is 10.1. The number of aromatic nitrogens is 2. The van der Waals surface area contributed by atoms with Crippen molar-refractivity contribution in [3.8, 4) is 11.5 Å². The topological polar surface area (TPSA) is 51.0 Å². The SMILES string of the molecule is CNCCCc1nnc(-c2ccc(Br)c(C(F)(F)F)c2)o1. The van der Waals surface area contributed by atoms with Crippen LogP contribution in [0.1, 0.15) is 17.9 Å². The minimum absolute atomic E-state index is 0.0208. The van der Waals surface area contributed by atoms with Crippen LogP contribution >= 0.6 is 15.9 Å². The third-order valence-corrected chi connectivity index (χ3v) is 3.49. The normalized spacial score (nSPS) is 11.9. The predicted molar refractivity (Wildman–Crippen MR) is 74.7 cm³/mol. The van der Waals surface area contributed by atoms with Gasteiger partial charge in [0, 0.05) is 16.5 Å². The van der Waals surface area contributed by atoms with Crippen LogP contribution in [0.2, 0.25) is 0 Å². The number of rotatable bonds is 5. The molecule has 0 radical (unpaired) electrons. The molecule has 21 heavy (non-hydrogen) atoms. The summed E-state index contributed by atoms with van der Waals surface area (Å²) in [6.45, 7) is 0.800. The average molecular weight is 364 g/mol. The van der Waals surface area contributed by atoms with Crippen molar-refractivity contribution in [1.29, 1.82) is 0 Å². The fourth-order valence-electron chi connectivity index (χ4n) is 1.76. The maximum Gasteiger partial charge on any atom is 0.417 e. The Bertz CT molecular complexity index is 613. The first-order chi connectivity index (χ1) is 9.91. The molecule has 1 N–H and O–H groups in total. The fourth-order valence-corrected chi connectivity index (χ4v) is 2.23. The number of aryl methyl sites for hydroxylation is 1. The molecule has 114 valence electrons. The van der Waals surface area contributed by atoms with E-state index in [1.807, 2.05) is 7.05 Å². The zero-order valence-electron chi connectivity index (χ0n) is 11.2. The maximum absolute atomic E-state index is 12.9. The van der Waals surface area contributed by atoms with E-state index in [1.54, 1.807) is 0 Å². The lowest BCUT2D eigenvalue weighted by Gasteiger charge is -2.09. The second kappa shape index (κ2) is 6.57. The molecule has 0 bridgehead atoms. The van der Waals surface area contributed by atoms with E-state index in [0.717, 1.165) is 19.0 Å². The van der Waals surface area contributed by atoms with Crippen LogP contribution in [0.25, 0.3) is 11.5 Å². The summed E-state index contributed by atoms with van der Waals surface area (Å²) in [5.74, 6) is 0.504. The van der Waals surface area contributed by atoms with Gasteiger partial charge in [-0.1, -0.05) is 15.9 Å². The van der Waals surface area contributed by atoms with E-state index in [-0.39, 0.29) is 15.9 Å². The second-order valence-electron chi connectivity index (χ2n) is 4.40. The van der Waals surface area contributed by atoms with Crippen molar-refractivity contribution in [3.63, 3.8) is 0 Å². The third-order valence-electron chi connectivity index (χ3n) is 2.80. The predicted octanol–water partition coefficient (Wildman–Crippen LogP) is 3.67. The van der Waals surface area contributed by atoms with Gasteiger partial charge in [0.25, 0.3) is 0 Å². The van der Waals surface area contributed by atoms with Gasteiger partial charge in [-0.15, -0.1) is 10.2 Å². The first kappa shape index (κ1) is 16.0. The summed E-state index contributed by atoms with van der Waals surface area (Å²) in [5.41, 5.74) is -0.521. The molecule has 2 aromatic rings. The van der Waals surface area contributed by atoms with Crippen LogP contribution in [0.5, 0.6) is 0 Å². The van der Waals surface area contributed by atoms with Gasteiger partial charge in [0.2, 0.25) is 11.8 Å². The van der Waals surface area contributed by atoms with Crippen molar-refractivity contribution in [2.24, 2.45) is 0 Å². The van der Waals surface area contributed by atoms with Gasteiger partial charge in [-0.05, 0) is 38.2 Å². The lowest BCUT2D eigenvalue weighted by Crippen LogP contribution is -2.08. The zero-order valence-corrected chi connectivity index (χ0v) is 12.8. The van der Waals surface area contributed by atoms with Gasteiger partial charge in [-0.2, -0.15) is 13.2 Å². The molecule has 2 rings (SSSR count). The highest BCUT2D eigenvalue weighted by atomic mass is 79.9. The van der Waals surface area contributed by atoms with Crippen molar-refractivity contribution >= 4 is 15.9 Å². The van der Waals surface area contributed by atoms with E-state index in [1.165, 1.54) is 12.1 Å². The minimum atomic E-state index is -4.44. The number of nitrogens with zero attached hydrogens (tertiary/aromatic N) is 2. The Morgan fingerprint density at radius 3 is 2.71 bits per heavy atom. The van der Waals surface area contributed by atoms with Crippen molar-refractivity contribution in [2.75, 3.05) is 13.6 Å². The molecule has 0 aliphatic heterocycles. The standard InChI is InChI=1S/C13H13BrF3N3O/c1-18-6-2-3-11-19-20-12(21-11)8-4-5-10(14)9(7-8)13(15,16)17/h4-5,7,18H,2-3,6H2,1H3. The monoisotopic (exact) mass is 363 g/mol. The molecule has 0 spiro atoms. The van der Waals surface area contributed by atoms with Gasteiger partial charge >= 0.3 is 6.18 Å². The Morgan fingerprint density at radius 1 is 1.29 bits per heavy atom. The van der Waals surface area contributed by atoms with E-state index < -0.39 is 11.7 Å². The van der Waals surface area contributed by atoms with Crippen molar-refractivity contribution in [2.45, 2.75) is 19.0 Å². The van der Waals surface area contributed by atoms with Crippen LogP contribution in [0.15, 0.2) is 27.1 Å². The summed E-state index contributed by atoms with van der Waals surface area (Å²) in [6, 6.07) is 3.82. The number of hydrogen-bond donors (Lipinski definition) is 1. The molecule has 0 unspecified atom stereocenters. The fraction of sp³-hybridized carbons (Fsp3) is 0.385. The maximum atomic E-state index is 12.9. The van der Waals surface area contributed by atoms with Gasteiger partial charge in [0.15, 0.2) is 0 Å². The lowest BCUT2D eigenvalue weighted by molar-refractivity contribution is -0.138. The Hall–Kier alpha value is -1.41. The average Bonchev–Trinajstić information content (AvgIpc) is 2.87. The number of halogens is 4. The van der Waals surface area contributed by atoms with Crippen molar-refractivity contribution in [3.05, 3.63) is 34.1 Å². The minimum Gasteiger partial charge on any atom is -0.421 e. The van der Waals surface area contributed by atoms with E-state index in [4.69, 9.17) is 4.42 Å². The molecule has 0 aliphatic carbocycles. The Labute approximate surface area is 127 Å². The van der Waals surface area contributed by atoms with Gasteiger partial charge in [-0.3, -0.25) is 0 Å². The van der Waals surface area contributed by atoms with Crippen molar-refractivity contribution in [1.82, 2.24) is 15.5 Å². The molecule has 0 saturated heterocycles. The molecule has 0 saturated carbocycles. The molecule has 0 atom stereocenters. The first-order valence-corrected chi connectivity index (χ1v) is 7.05. The third kappa shape index (κ3) is 4.04. The summed E-state index contributed by atoms with van der Waals surface area (Å²) >= 11 is 2.89. The van der Waals surface area contributed by atoms with Crippen LogP contribution < -0.4 is 5.32 Å². The van der Waals surface area contributed by atoms with Gasteiger partial charge in [0.05, 0.1) is 5.56 Å². The zero-order chi connectivity index (χ0) is 15.5.